The summed E-state index contributed by atoms with van der Waals surface area (Å²) in [6.45, 7) is 4.37. The van der Waals surface area contributed by atoms with Gasteiger partial charge in [0.1, 0.15) is 0 Å². The Labute approximate surface area is 135 Å². The van der Waals surface area contributed by atoms with Crippen molar-refractivity contribution in [3.8, 4) is 0 Å². The molecule has 1 heterocycles. The molecule has 128 valence electrons. The summed E-state index contributed by atoms with van der Waals surface area (Å²) in [6, 6.07) is 0.558. The van der Waals surface area contributed by atoms with Crippen LogP contribution in [-0.4, -0.2) is 68.3 Å². The standard InChI is InChI=1S/C17H33N3O2/c1-13-12-19(2)11-10-15(13)20(3)17(21)18-14-8-6-5-7-9-16(14)22-4/h13-16H,5-12H2,1-4H3,(H,18,21)/t13-,14+,15-,16-/m1/s1. The number of piperidine rings is 1. The largest absolute Gasteiger partial charge is 0.379 e. The number of nitrogens with one attached hydrogen (secondary N) is 1. The number of hydrogen-bond acceptors (Lipinski definition) is 3. The molecule has 2 aliphatic rings. The van der Waals surface area contributed by atoms with Crippen molar-refractivity contribution < 1.29 is 9.53 Å². The topological polar surface area (TPSA) is 44.8 Å². The van der Waals surface area contributed by atoms with E-state index in [2.05, 4.69) is 24.2 Å². The number of hydrogen-bond donors (Lipinski definition) is 1. The van der Waals surface area contributed by atoms with Gasteiger partial charge >= 0.3 is 6.03 Å². The molecule has 2 amide bonds. The van der Waals surface area contributed by atoms with Gasteiger partial charge in [0.15, 0.2) is 0 Å². The average Bonchev–Trinajstić information content (AvgIpc) is 2.71. The van der Waals surface area contributed by atoms with Crippen LogP contribution in [0.1, 0.15) is 45.4 Å². The molecule has 0 radical (unpaired) electrons. The molecule has 5 heteroatoms. The zero-order valence-electron chi connectivity index (χ0n) is 14.7. The summed E-state index contributed by atoms with van der Waals surface area (Å²) in [5.74, 6) is 0.516. The van der Waals surface area contributed by atoms with Crippen molar-refractivity contribution in [3.05, 3.63) is 0 Å². The molecule has 0 aromatic heterocycles. The molecule has 2 fully saturated rings. The van der Waals surface area contributed by atoms with E-state index in [0.29, 0.717) is 12.0 Å². The number of nitrogens with zero attached hydrogens (tertiary/aromatic N) is 2. The van der Waals surface area contributed by atoms with Crippen molar-refractivity contribution in [2.45, 2.75) is 63.6 Å². The highest BCUT2D eigenvalue weighted by atomic mass is 16.5. The third-order valence-electron chi connectivity index (χ3n) is 5.45. The van der Waals surface area contributed by atoms with Gasteiger partial charge in [-0.15, -0.1) is 0 Å². The van der Waals surface area contributed by atoms with Gasteiger partial charge in [0.05, 0.1) is 12.1 Å². The molecule has 4 atom stereocenters. The van der Waals surface area contributed by atoms with Gasteiger partial charge in [-0.3, -0.25) is 0 Å². The van der Waals surface area contributed by atoms with Crippen LogP contribution in [0, 0.1) is 5.92 Å². The third-order valence-corrected chi connectivity index (χ3v) is 5.45. The predicted octanol–water partition coefficient (Wildman–Crippen LogP) is 2.32. The quantitative estimate of drug-likeness (QED) is 0.814. The average molecular weight is 311 g/mol. The molecular weight excluding hydrogens is 278 g/mol. The van der Waals surface area contributed by atoms with E-state index in [1.165, 1.54) is 19.3 Å². The van der Waals surface area contributed by atoms with Crippen molar-refractivity contribution in [2.24, 2.45) is 5.92 Å². The van der Waals surface area contributed by atoms with Crippen LogP contribution in [-0.2, 0) is 4.74 Å². The smallest absolute Gasteiger partial charge is 0.317 e. The number of ether oxygens (including phenoxy) is 1. The lowest BCUT2D eigenvalue weighted by atomic mass is 9.93. The van der Waals surface area contributed by atoms with Crippen molar-refractivity contribution in [1.29, 1.82) is 0 Å². The zero-order chi connectivity index (χ0) is 16.1. The number of carbonyl (C=O) groups is 1. The number of methoxy groups -OCH3 is 1. The van der Waals surface area contributed by atoms with Gasteiger partial charge in [0.2, 0.25) is 0 Å². The second kappa shape index (κ2) is 8.16. The highest BCUT2D eigenvalue weighted by Crippen LogP contribution is 2.23. The van der Waals surface area contributed by atoms with E-state index in [1.807, 2.05) is 11.9 Å². The minimum Gasteiger partial charge on any atom is -0.379 e. The minimum absolute atomic E-state index is 0.0651. The number of rotatable bonds is 3. The number of carbonyl (C=O) groups excluding carboxylic acids is 1. The van der Waals surface area contributed by atoms with Crippen LogP contribution in [0.5, 0.6) is 0 Å². The van der Waals surface area contributed by atoms with Gasteiger partial charge in [0, 0.05) is 26.7 Å². The number of amides is 2. The Kier molecular flexibility index (Phi) is 6.50. The summed E-state index contributed by atoms with van der Waals surface area (Å²) >= 11 is 0. The summed E-state index contributed by atoms with van der Waals surface area (Å²) in [5, 5.41) is 3.24. The monoisotopic (exact) mass is 311 g/mol. The lowest BCUT2D eigenvalue weighted by molar-refractivity contribution is 0.0594. The molecule has 1 saturated carbocycles. The summed E-state index contributed by atoms with van der Waals surface area (Å²) in [7, 11) is 5.86. The molecule has 1 aliphatic carbocycles. The molecule has 0 bridgehead atoms. The minimum atomic E-state index is 0.0651. The first-order valence-electron chi connectivity index (χ1n) is 8.77. The first-order chi connectivity index (χ1) is 10.5. The van der Waals surface area contributed by atoms with E-state index < -0.39 is 0 Å². The SMILES string of the molecule is CO[C@@H]1CCCCC[C@@H]1NC(=O)N(C)[C@@H]1CCN(C)C[C@H]1C. The maximum Gasteiger partial charge on any atom is 0.317 e. The maximum absolute atomic E-state index is 12.7. The molecule has 0 unspecified atom stereocenters. The molecule has 1 saturated heterocycles. The third kappa shape index (κ3) is 4.35. The Morgan fingerprint density at radius 3 is 2.64 bits per heavy atom. The summed E-state index contributed by atoms with van der Waals surface area (Å²) in [6.07, 6.45) is 6.92. The fraction of sp³-hybridized carbons (Fsp3) is 0.941. The zero-order valence-corrected chi connectivity index (χ0v) is 14.7. The van der Waals surface area contributed by atoms with Crippen molar-refractivity contribution in [3.63, 3.8) is 0 Å². The molecular formula is C17H33N3O2. The Bertz CT molecular complexity index is 364. The molecule has 1 N–H and O–H groups in total. The van der Waals surface area contributed by atoms with Gasteiger partial charge in [0.25, 0.3) is 0 Å². The number of urea groups is 1. The van der Waals surface area contributed by atoms with Gasteiger partial charge < -0.3 is 19.9 Å². The molecule has 5 nitrogen and oxygen atoms in total. The summed E-state index contributed by atoms with van der Waals surface area (Å²) < 4.78 is 5.61. The lowest BCUT2D eigenvalue weighted by Gasteiger charge is -2.40. The Morgan fingerprint density at radius 2 is 1.95 bits per heavy atom. The van der Waals surface area contributed by atoms with Crippen molar-refractivity contribution in [2.75, 3.05) is 34.3 Å². The predicted molar refractivity (Wildman–Crippen MR) is 89.0 cm³/mol. The molecule has 22 heavy (non-hydrogen) atoms. The van der Waals surface area contributed by atoms with Crippen LogP contribution in [0.2, 0.25) is 0 Å². The molecule has 0 aromatic rings. The highest BCUT2D eigenvalue weighted by Gasteiger charge is 2.32. The van der Waals surface area contributed by atoms with Gasteiger partial charge in [-0.05, 0) is 38.8 Å². The van der Waals surface area contributed by atoms with E-state index in [-0.39, 0.29) is 18.2 Å². The Balaban J connectivity index is 1.92. The van der Waals surface area contributed by atoms with Crippen LogP contribution >= 0.6 is 0 Å². The fourth-order valence-corrected chi connectivity index (χ4v) is 4.05. The van der Waals surface area contributed by atoms with E-state index in [4.69, 9.17) is 4.74 Å². The van der Waals surface area contributed by atoms with E-state index in [1.54, 1.807) is 7.11 Å². The second-order valence-electron chi connectivity index (χ2n) is 7.17. The highest BCUT2D eigenvalue weighted by molar-refractivity contribution is 5.74. The first kappa shape index (κ1) is 17.5. The van der Waals surface area contributed by atoms with Gasteiger partial charge in [-0.25, -0.2) is 4.79 Å². The van der Waals surface area contributed by atoms with Crippen molar-refractivity contribution in [1.82, 2.24) is 15.1 Å². The molecule has 0 spiro atoms. The van der Waals surface area contributed by atoms with Crippen LogP contribution in [0.3, 0.4) is 0 Å². The molecule has 0 aromatic carbocycles. The van der Waals surface area contributed by atoms with Gasteiger partial charge in [-0.1, -0.05) is 26.2 Å². The van der Waals surface area contributed by atoms with E-state index in [9.17, 15) is 4.79 Å². The van der Waals surface area contributed by atoms with Gasteiger partial charge in [-0.2, -0.15) is 0 Å². The Hall–Kier alpha value is -0.810. The van der Waals surface area contributed by atoms with Crippen LogP contribution in [0.15, 0.2) is 0 Å². The second-order valence-corrected chi connectivity index (χ2v) is 7.17. The van der Waals surface area contributed by atoms with E-state index >= 15 is 0 Å². The van der Waals surface area contributed by atoms with Crippen LogP contribution < -0.4 is 5.32 Å². The fourth-order valence-electron chi connectivity index (χ4n) is 4.05. The summed E-state index contributed by atoms with van der Waals surface area (Å²) in [5.41, 5.74) is 0. The van der Waals surface area contributed by atoms with Crippen LogP contribution in [0.25, 0.3) is 0 Å². The molecule has 2 rings (SSSR count). The van der Waals surface area contributed by atoms with Crippen molar-refractivity contribution >= 4 is 6.03 Å². The number of likely N-dealkylation sites (tertiary alicyclic amines) is 1. The maximum atomic E-state index is 12.7. The van der Waals surface area contributed by atoms with Crippen LogP contribution in [0.4, 0.5) is 4.79 Å². The Morgan fingerprint density at radius 1 is 1.23 bits per heavy atom. The first-order valence-corrected chi connectivity index (χ1v) is 8.77. The molecule has 1 aliphatic heterocycles. The lowest BCUT2D eigenvalue weighted by Crippen LogP contribution is -2.55. The van der Waals surface area contributed by atoms with E-state index in [0.717, 1.165) is 32.4 Å². The summed E-state index contributed by atoms with van der Waals surface area (Å²) in [4.78, 5) is 16.9. The normalized spacial score (nSPS) is 34.0.